The highest BCUT2D eigenvalue weighted by Gasteiger charge is 2.11. The van der Waals surface area contributed by atoms with Gasteiger partial charge in [-0.25, -0.2) is 8.42 Å². The molecule has 0 saturated carbocycles. The number of rotatable bonds is 6. The summed E-state index contributed by atoms with van der Waals surface area (Å²) < 4.78 is 28.1. The van der Waals surface area contributed by atoms with Crippen LogP contribution in [0.2, 0.25) is 0 Å². The summed E-state index contributed by atoms with van der Waals surface area (Å²) in [5, 5.41) is 1.97. The number of carbonyl (C=O) groups is 1. The normalized spacial score (nSPS) is 11.2. The van der Waals surface area contributed by atoms with Crippen LogP contribution >= 0.6 is 11.3 Å². The van der Waals surface area contributed by atoms with Crippen molar-refractivity contribution in [1.82, 2.24) is 4.90 Å². The summed E-state index contributed by atoms with van der Waals surface area (Å²) in [5.74, 6) is 0.325. The van der Waals surface area contributed by atoms with Crippen molar-refractivity contribution in [1.29, 1.82) is 0 Å². The number of ether oxygens (including phenoxy) is 1. The summed E-state index contributed by atoms with van der Waals surface area (Å²) in [6, 6.07) is 9.93. The maximum atomic E-state index is 12.0. The van der Waals surface area contributed by atoms with Gasteiger partial charge in [0.15, 0.2) is 16.4 Å². The molecule has 1 aromatic heterocycles. The number of sulfone groups is 1. The zero-order valence-corrected chi connectivity index (χ0v) is 14.0. The van der Waals surface area contributed by atoms with Gasteiger partial charge in [0.05, 0.1) is 11.4 Å². The van der Waals surface area contributed by atoms with Crippen LogP contribution in [-0.4, -0.2) is 39.1 Å². The lowest BCUT2D eigenvalue weighted by atomic mass is 10.3. The van der Waals surface area contributed by atoms with Crippen molar-refractivity contribution in [3.8, 4) is 5.75 Å². The van der Waals surface area contributed by atoms with Crippen molar-refractivity contribution in [3.05, 3.63) is 46.7 Å². The Balaban J connectivity index is 1.88. The van der Waals surface area contributed by atoms with E-state index in [0.29, 0.717) is 12.3 Å². The second-order valence-corrected chi connectivity index (χ2v) is 7.91. The highest BCUT2D eigenvalue weighted by molar-refractivity contribution is 7.90. The van der Waals surface area contributed by atoms with E-state index in [9.17, 15) is 13.2 Å². The van der Waals surface area contributed by atoms with Crippen LogP contribution in [0, 0.1) is 0 Å². The molecule has 2 rings (SSSR count). The fourth-order valence-corrected chi connectivity index (χ4v) is 3.15. The zero-order chi connectivity index (χ0) is 16.2. The molecule has 0 aliphatic heterocycles. The molecule has 5 nitrogen and oxygen atoms in total. The van der Waals surface area contributed by atoms with Gasteiger partial charge in [-0.1, -0.05) is 6.07 Å². The van der Waals surface area contributed by atoms with Crippen LogP contribution in [0.3, 0.4) is 0 Å². The number of carbonyl (C=O) groups excluding carboxylic acids is 1. The number of benzene rings is 1. The number of thiophene rings is 1. The Morgan fingerprint density at radius 3 is 2.45 bits per heavy atom. The largest absolute Gasteiger partial charge is 0.484 e. The van der Waals surface area contributed by atoms with E-state index in [-0.39, 0.29) is 17.4 Å². The van der Waals surface area contributed by atoms with Gasteiger partial charge in [0, 0.05) is 18.2 Å². The summed E-state index contributed by atoms with van der Waals surface area (Å²) in [4.78, 5) is 14.9. The third kappa shape index (κ3) is 4.57. The molecule has 0 atom stereocenters. The lowest BCUT2D eigenvalue weighted by Crippen LogP contribution is -2.30. The second kappa shape index (κ2) is 6.93. The predicted octanol–water partition coefficient (Wildman–Crippen LogP) is 2.19. The smallest absolute Gasteiger partial charge is 0.260 e. The summed E-state index contributed by atoms with van der Waals surface area (Å²) in [5.41, 5.74) is 0. The molecule has 118 valence electrons. The molecule has 0 unspecified atom stereocenters. The van der Waals surface area contributed by atoms with Gasteiger partial charge in [0.2, 0.25) is 0 Å². The average Bonchev–Trinajstić information content (AvgIpc) is 2.97. The van der Waals surface area contributed by atoms with Gasteiger partial charge in [-0.05, 0) is 35.7 Å². The van der Waals surface area contributed by atoms with Crippen LogP contribution in [0.25, 0.3) is 0 Å². The first-order valence-corrected chi connectivity index (χ1v) is 9.32. The first kappa shape index (κ1) is 16.5. The third-order valence-corrected chi connectivity index (χ3v) is 5.00. The molecule has 0 spiro atoms. The maximum absolute atomic E-state index is 12.0. The van der Waals surface area contributed by atoms with Crippen molar-refractivity contribution < 1.29 is 17.9 Å². The van der Waals surface area contributed by atoms with E-state index in [4.69, 9.17) is 4.74 Å². The molecule has 2 aromatic rings. The van der Waals surface area contributed by atoms with Crippen LogP contribution < -0.4 is 4.74 Å². The van der Waals surface area contributed by atoms with Crippen molar-refractivity contribution >= 4 is 27.1 Å². The quantitative estimate of drug-likeness (QED) is 0.809. The van der Waals surface area contributed by atoms with Gasteiger partial charge >= 0.3 is 0 Å². The lowest BCUT2D eigenvalue weighted by Gasteiger charge is -2.16. The molecule has 0 radical (unpaired) electrons. The zero-order valence-electron chi connectivity index (χ0n) is 12.4. The number of amides is 1. The number of likely N-dealkylation sites (N-methyl/N-ethyl adjacent to an activating group) is 1. The van der Waals surface area contributed by atoms with E-state index in [0.717, 1.165) is 11.1 Å². The van der Waals surface area contributed by atoms with Crippen molar-refractivity contribution in [3.63, 3.8) is 0 Å². The van der Waals surface area contributed by atoms with E-state index in [1.807, 2.05) is 17.5 Å². The molecule has 22 heavy (non-hydrogen) atoms. The van der Waals surface area contributed by atoms with Gasteiger partial charge < -0.3 is 9.64 Å². The molecule has 1 amide bonds. The van der Waals surface area contributed by atoms with Crippen molar-refractivity contribution in [2.24, 2.45) is 0 Å². The van der Waals surface area contributed by atoms with Gasteiger partial charge in [0.25, 0.3) is 5.91 Å². The highest BCUT2D eigenvalue weighted by Crippen LogP contribution is 2.16. The minimum Gasteiger partial charge on any atom is -0.484 e. The van der Waals surface area contributed by atoms with Crippen LogP contribution in [-0.2, 0) is 21.2 Å². The van der Waals surface area contributed by atoms with E-state index in [1.165, 1.54) is 12.1 Å². The molecule has 0 fully saturated rings. The topological polar surface area (TPSA) is 63.7 Å². The van der Waals surface area contributed by atoms with Crippen LogP contribution in [0.5, 0.6) is 5.75 Å². The molecule has 0 aliphatic rings. The molecule has 0 N–H and O–H groups in total. The lowest BCUT2D eigenvalue weighted by molar-refractivity contribution is -0.132. The van der Waals surface area contributed by atoms with Crippen LogP contribution in [0.1, 0.15) is 4.88 Å². The predicted molar refractivity (Wildman–Crippen MR) is 85.8 cm³/mol. The van der Waals surface area contributed by atoms with E-state index in [1.54, 1.807) is 35.4 Å². The van der Waals surface area contributed by atoms with Crippen molar-refractivity contribution in [2.45, 2.75) is 11.4 Å². The monoisotopic (exact) mass is 339 g/mol. The average molecular weight is 339 g/mol. The summed E-state index contributed by atoms with van der Waals surface area (Å²) >= 11 is 1.60. The Labute approximate surface area is 134 Å². The maximum Gasteiger partial charge on any atom is 0.260 e. The van der Waals surface area contributed by atoms with Gasteiger partial charge in [0.1, 0.15) is 5.75 Å². The molecular formula is C15H17NO4S2. The van der Waals surface area contributed by atoms with E-state index in [2.05, 4.69) is 0 Å². The molecule has 0 bridgehead atoms. The third-order valence-electron chi connectivity index (χ3n) is 3.01. The SMILES string of the molecule is CN(Cc1cccs1)C(=O)COc1ccc(S(C)(=O)=O)cc1. The minimum atomic E-state index is -3.22. The molecule has 0 aliphatic carbocycles. The van der Waals surface area contributed by atoms with Gasteiger partial charge in [-0.2, -0.15) is 0 Å². The Kier molecular flexibility index (Phi) is 5.20. The van der Waals surface area contributed by atoms with Crippen LogP contribution in [0.4, 0.5) is 0 Å². The summed E-state index contributed by atoms with van der Waals surface area (Å²) in [6.45, 7) is 0.465. The van der Waals surface area contributed by atoms with Gasteiger partial charge in [-0.3, -0.25) is 4.79 Å². The number of hydrogen-bond acceptors (Lipinski definition) is 5. The Bertz CT molecular complexity index is 721. The Hall–Kier alpha value is -1.86. The molecule has 1 aromatic carbocycles. The Morgan fingerprint density at radius 2 is 1.91 bits per heavy atom. The minimum absolute atomic E-state index is 0.0832. The molecular weight excluding hydrogens is 322 g/mol. The fraction of sp³-hybridized carbons (Fsp3) is 0.267. The molecule has 1 heterocycles. The van der Waals surface area contributed by atoms with Crippen molar-refractivity contribution in [2.75, 3.05) is 19.9 Å². The summed E-state index contributed by atoms with van der Waals surface area (Å²) in [7, 11) is -1.50. The first-order valence-electron chi connectivity index (χ1n) is 6.55. The van der Waals surface area contributed by atoms with E-state index >= 15 is 0 Å². The van der Waals surface area contributed by atoms with E-state index < -0.39 is 9.84 Å². The van der Waals surface area contributed by atoms with Crippen LogP contribution in [0.15, 0.2) is 46.7 Å². The highest BCUT2D eigenvalue weighted by atomic mass is 32.2. The number of hydrogen-bond donors (Lipinski definition) is 0. The van der Waals surface area contributed by atoms with Gasteiger partial charge in [-0.15, -0.1) is 11.3 Å². The second-order valence-electron chi connectivity index (χ2n) is 4.86. The Morgan fingerprint density at radius 1 is 1.23 bits per heavy atom. The molecule has 0 saturated heterocycles. The first-order chi connectivity index (χ1) is 10.4. The standard InChI is InChI=1S/C15H17NO4S2/c1-16(10-13-4-3-9-21-13)15(17)11-20-12-5-7-14(8-6-12)22(2,18)19/h3-9H,10-11H2,1-2H3. The fourth-order valence-electron chi connectivity index (χ4n) is 1.76. The summed E-state index contributed by atoms with van der Waals surface area (Å²) in [6.07, 6.45) is 1.14. The molecule has 7 heteroatoms. The number of nitrogens with zero attached hydrogens (tertiary/aromatic N) is 1.